The molecule has 0 N–H and O–H groups in total. The summed E-state index contributed by atoms with van der Waals surface area (Å²) in [6.07, 6.45) is 0. The molecule has 1 heterocycles. The van der Waals surface area contributed by atoms with Crippen LogP contribution in [-0.2, 0) is 10.2 Å². The average molecular weight is 312 g/mol. The standard InChI is InChI=1S/C13H14BrNO3/c1-13(7-14)10-6-8(18-3)4-5-9(10)11(16)15(2)12(13)17/h4-6H,7H2,1-3H3. The van der Waals surface area contributed by atoms with Crippen molar-refractivity contribution in [1.29, 1.82) is 0 Å². The zero-order valence-electron chi connectivity index (χ0n) is 10.5. The molecule has 18 heavy (non-hydrogen) atoms. The Hall–Kier alpha value is -1.36. The molecule has 1 aromatic rings. The lowest BCUT2D eigenvalue weighted by atomic mass is 9.77. The Labute approximate surface area is 114 Å². The van der Waals surface area contributed by atoms with Crippen LogP contribution in [0.4, 0.5) is 0 Å². The lowest BCUT2D eigenvalue weighted by molar-refractivity contribution is -0.132. The van der Waals surface area contributed by atoms with Gasteiger partial charge in [0, 0.05) is 17.9 Å². The summed E-state index contributed by atoms with van der Waals surface area (Å²) in [6.45, 7) is 1.82. The van der Waals surface area contributed by atoms with Crippen LogP contribution in [0.1, 0.15) is 22.8 Å². The van der Waals surface area contributed by atoms with Gasteiger partial charge < -0.3 is 4.74 Å². The zero-order valence-corrected chi connectivity index (χ0v) is 12.1. The molecule has 1 atom stereocenters. The highest BCUT2D eigenvalue weighted by Crippen LogP contribution is 2.37. The van der Waals surface area contributed by atoms with Crippen molar-refractivity contribution in [3.8, 4) is 5.75 Å². The second-order valence-electron chi connectivity index (χ2n) is 4.55. The van der Waals surface area contributed by atoms with Gasteiger partial charge in [0.2, 0.25) is 5.91 Å². The summed E-state index contributed by atoms with van der Waals surface area (Å²) < 4.78 is 5.16. The van der Waals surface area contributed by atoms with Crippen molar-refractivity contribution in [2.75, 3.05) is 19.5 Å². The third-order valence-corrected chi connectivity index (χ3v) is 4.52. The van der Waals surface area contributed by atoms with Crippen molar-refractivity contribution < 1.29 is 14.3 Å². The van der Waals surface area contributed by atoms with Gasteiger partial charge >= 0.3 is 0 Å². The number of alkyl halides is 1. The van der Waals surface area contributed by atoms with E-state index in [-0.39, 0.29) is 11.8 Å². The first-order chi connectivity index (χ1) is 8.45. The van der Waals surface area contributed by atoms with Crippen molar-refractivity contribution in [1.82, 2.24) is 4.90 Å². The van der Waals surface area contributed by atoms with E-state index in [1.54, 1.807) is 25.3 Å². The summed E-state index contributed by atoms with van der Waals surface area (Å²) in [5.74, 6) is 0.173. The van der Waals surface area contributed by atoms with Gasteiger partial charge in [-0.15, -0.1) is 0 Å². The maximum atomic E-state index is 12.3. The molecule has 0 saturated heterocycles. The molecule has 0 aromatic heterocycles. The third-order valence-electron chi connectivity index (χ3n) is 3.40. The first-order valence-corrected chi connectivity index (χ1v) is 6.65. The topological polar surface area (TPSA) is 46.6 Å². The van der Waals surface area contributed by atoms with E-state index in [1.807, 2.05) is 6.92 Å². The molecule has 0 fully saturated rings. The van der Waals surface area contributed by atoms with Crippen LogP contribution < -0.4 is 4.74 Å². The van der Waals surface area contributed by atoms with E-state index in [0.29, 0.717) is 22.2 Å². The monoisotopic (exact) mass is 311 g/mol. The highest BCUT2D eigenvalue weighted by atomic mass is 79.9. The van der Waals surface area contributed by atoms with Crippen molar-refractivity contribution in [3.63, 3.8) is 0 Å². The smallest absolute Gasteiger partial charge is 0.260 e. The minimum Gasteiger partial charge on any atom is -0.497 e. The quantitative estimate of drug-likeness (QED) is 0.619. The Morgan fingerprint density at radius 1 is 1.39 bits per heavy atom. The molecule has 1 aliphatic rings. The van der Waals surface area contributed by atoms with Crippen LogP contribution in [0.2, 0.25) is 0 Å². The first-order valence-electron chi connectivity index (χ1n) is 5.52. The van der Waals surface area contributed by atoms with E-state index < -0.39 is 5.41 Å². The predicted molar refractivity (Wildman–Crippen MR) is 71.2 cm³/mol. The van der Waals surface area contributed by atoms with Gasteiger partial charge in [-0.2, -0.15) is 0 Å². The van der Waals surface area contributed by atoms with Gasteiger partial charge in [0.1, 0.15) is 5.75 Å². The molecule has 0 bridgehead atoms. The van der Waals surface area contributed by atoms with Crippen LogP contribution >= 0.6 is 15.9 Å². The number of methoxy groups -OCH3 is 1. The fourth-order valence-electron chi connectivity index (χ4n) is 2.18. The summed E-state index contributed by atoms with van der Waals surface area (Å²) in [7, 11) is 3.07. The van der Waals surface area contributed by atoms with E-state index in [4.69, 9.17) is 4.74 Å². The molecule has 2 amide bonds. The molecule has 1 aliphatic heterocycles. The van der Waals surface area contributed by atoms with Crippen LogP contribution in [0, 0.1) is 0 Å². The Morgan fingerprint density at radius 2 is 2.06 bits per heavy atom. The molecule has 0 spiro atoms. The first kappa shape index (κ1) is 13.1. The Bertz CT molecular complexity index is 529. The van der Waals surface area contributed by atoms with Crippen LogP contribution in [0.15, 0.2) is 18.2 Å². The summed E-state index contributed by atoms with van der Waals surface area (Å²) in [5, 5.41) is 0.455. The fraction of sp³-hybridized carbons (Fsp3) is 0.385. The molecule has 2 rings (SSSR count). The Balaban J connectivity index is 2.71. The van der Waals surface area contributed by atoms with Crippen molar-refractivity contribution in [3.05, 3.63) is 29.3 Å². The van der Waals surface area contributed by atoms with Crippen LogP contribution in [0.5, 0.6) is 5.75 Å². The second kappa shape index (κ2) is 4.39. The number of likely N-dealkylation sites (N-methyl/N-ethyl adjacent to an activating group) is 1. The molecule has 0 saturated carbocycles. The van der Waals surface area contributed by atoms with Crippen LogP contribution in [-0.4, -0.2) is 36.2 Å². The normalized spacial score (nSPS) is 23.0. The summed E-state index contributed by atoms with van der Waals surface area (Å²) in [4.78, 5) is 25.5. The van der Waals surface area contributed by atoms with Gasteiger partial charge in [0.15, 0.2) is 0 Å². The number of fused-ring (bicyclic) bond motifs is 1. The van der Waals surface area contributed by atoms with Gasteiger partial charge in [-0.05, 0) is 30.7 Å². The summed E-state index contributed by atoms with van der Waals surface area (Å²) in [6, 6.07) is 5.20. The largest absolute Gasteiger partial charge is 0.497 e. The van der Waals surface area contributed by atoms with Crippen LogP contribution in [0.3, 0.4) is 0 Å². The molecule has 0 aliphatic carbocycles. The Morgan fingerprint density at radius 3 is 2.61 bits per heavy atom. The number of carbonyl (C=O) groups is 2. The van der Waals surface area contributed by atoms with E-state index in [0.717, 1.165) is 0 Å². The highest BCUT2D eigenvalue weighted by molar-refractivity contribution is 9.09. The SMILES string of the molecule is COc1ccc2c(c1)C(C)(CBr)C(=O)N(C)C2=O. The number of halogens is 1. The second-order valence-corrected chi connectivity index (χ2v) is 5.11. The van der Waals surface area contributed by atoms with E-state index in [1.165, 1.54) is 11.9 Å². The lowest BCUT2D eigenvalue weighted by Gasteiger charge is -2.37. The van der Waals surface area contributed by atoms with E-state index in [2.05, 4.69) is 15.9 Å². The summed E-state index contributed by atoms with van der Waals surface area (Å²) >= 11 is 3.37. The number of ether oxygens (including phenoxy) is 1. The molecule has 5 heteroatoms. The number of carbonyl (C=O) groups excluding carboxylic acids is 2. The highest BCUT2D eigenvalue weighted by Gasteiger charge is 2.45. The van der Waals surface area contributed by atoms with E-state index in [9.17, 15) is 9.59 Å². The predicted octanol–water partition coefficient (Wildman–Crippen LogP) is 1.96. The maximum Gasteiger partial charge on any atom is 0.260 e. The van der Waals surface area contributed by atoms with Gasteiger partial charge in [-0.1, -0.05) is 15.9 Å². The van der Waals surface area contributed by atoms with Gasteiger partial charge in [-0.25, -0.2) is 0 Å². The van der Waals surface area contributed by atoms with Gasteiger partial charge in [-0.3, -0.25) is 14.5 Å². The summed E-state index contributed by atoms with van der Waals surface area (Å²) in [5.41, 5.74) is 0.527. The fourth-order valence-corrected chi connectivity index (χ4v) is 2.72. The van der Waals surface area contributed by atoms with Crippen molar-refractivity contribution in [2.45, 2.75) is 12.3 Å². The maximum absolute atomic E-state index is 12.3. The molecule has 1 unspecified atom stereocenters. The zero-order chi connectivity index (χ0) is 13.5. The van der Waals surface area contributed by atoms with Gasteiger partial charge in [0.05, 0.1) is 12.5 Å². The van der Waals surface area contributed by atoms with Crippen molar-refractivity contribution in [2.24, 2.45) is 0 Å². The van der Waals surface area contributed by atoms with E-state index >= 15 is 0 Å². The minimum absolute atomic E-state index is 0.204. The number of hydrogen-bond donors (Lipinski definition) is 0. The Kier molecular flexibility index (Phi) is 3.19. The lowest BCUT2D eigenvalue weighted by Crippen LogP contribution is -2.52. The minimum atomic E-state index is -0.744. The molecule has 4 nitrogen and oxygen atoms in total. The van der Waals surface area contributed by atoms with Crippen molar-refractivity contribution >= 4 is 27.7 Å². The number of nitrogens with zero attached hydrogens (tertiary/aromatic N) is 1. The molecule has 0 radical (unpaired) electrons. The molecule has 96 valence electrons. The van der Waals surface area contributed by atoms with Crippen LogP contribution in [0.25, 0.3) is 0 Å². The molecule has 1 aromatic carbocycles. The number of benzene rings is 1. The number of imide groups is 1. The molecular formula is C13H14BrNO3. The molecular weight excluding hydrogens is 298 g/mol. The number of hydrogen-bond acceptors (Lipinski definition) is 3. The number of amides is 2. The van der Waals surface area contributed by atoms with Gasteiger partial charge in [0.25, 0.3) is 5.91 Å². The third kappa shape index (κ3) is 1.65. The average Bonchev–Trinajstić information content (AvgIpc) is 2.42. The number of rotatable bonds is 2.